The first-order chi connectivity index (χ1) is 10.6. The molecule has 1 saturated heterocycles. The molecule has 0 aromatic heterocycles. The lowest BCUT2D eigenvalue weighted by atomic mass is 9.98. The van der Waals surface area contributed by atoms with Crippen molar-refractivity contribution in [3.63, 3.8) is 0 Å². The largest absolute Gasteiger partial charge is 0.328 e. The highest BCUT2D eigenvalue weighted by Gasteiger charge is 2.17. The lowest BCUT2D eigenvalue weighted by Gasteiger charge is -2.30. The van der Waals surface area contributed by atoms with Crippen molar-refractivity contribution in [3.05, 3.63) is 58.1 Å². The first kappa shape index (κ1) is 15.8. The Kier molecular flexibility index (Phi) is 5.04. The Labute approximate surface area is 141 Å². The fourth-order valence-electron chi connectivity index (χ4n) is 2.96. The molecular weight excluding hydrogens is 315 g/mol. The lowest BCUT2D eigenvalue weighted by molar-refractivity contribution is 0.206. The van der Waals surface area contributed by atoms with E-state index in [2.05, 4.69) is 29.2 Å². The van der Waals surface area contributed by atoms with Gasteiger partial charge in [0.25, 0.3) is 0 Å². The van der Waals surface area contributed by atoms with E-state index in [0.717, 1.165) is 38.0 Å². The zero-order valence-electron chi connectivity index (χ0n) is 12.4. The summed E-state index contributed by atoms with van der Waals surface area (Å²) in [5.74, 6) is 0. The number of likely N-dealkylation sites (tertiary alicyclic amines) is 1. The van der Waals surface area contributed by atoms with Crippen LogP contribution >= 0.6 is 23.2 Å². The molecule has 1 aliphatic rings. The van der Waals surface area contributed by atoms with Crippen LogP contribution in [0.5, 0.6) is 0 Å². The minimum Gasteiger partial charge on any atom is -0.328 e. The van der Waals surface area contributed by atoms with Gasteiger partial charge in [-0.2, -0.15) is 0 Å². The zero-order chi connectivity index (χ0) is 15.5. The van der Waals surface area contributed by atoms with E-state index in [0.29, 0.717) is 16.1 Å². The molecule has 0 aliphatic carbocycles. The molecule has 22 heavy (non-hydrogen) atoms. The average molecular weight is 335 g/mol. The molecule has 2 aromatic rings. The second-order valence-corrected chi connectivity index (χ2v) is 6.71. The second kappa shape index (κ2) is 7.01. The van der Waals surface area contributed by atoms with E-state index >= 15 is 0 Å². The van der Waals surface area contributed by atoms with Gasteiger partial charge in [-0.3, -0.25) is 4.90 Å². The van der Waals surface area contributed by atoms with Gasteiger partial charge < -0.3 is 5.73 Å². The van der Waals surface area contributed by atoms with Gasteiger partial charge in [-0.05, 0) is 54.8 Å². The number of hydrogen-bond acceptors (Lipinski definition) is 2. The fraction of sp³-hybridized carbons (Fsp3) is 0.333. The van der Waals surface area contributed by atoms with Gasteiger partial charge in [0.1, 0.15) is 0 Å². The van der Waals surface area contributed by atoms with Crippen molar-refractivity contribution in [2.24, 2.45) is 5.73 Å². The molecule has 4 heteroatoms. The molecule has 1 fully saturated rings. The summed E-state index contributed by atoms with van der Waals surface area (Å²) in [6.07, 6.45) is 2.16. The Balaban J connectivity index is 1.85. The van der Waals surface area contributed by atoms with Crippen molar-refractivity contribution >= 4 is 23.2 Å². The van der Waals surface area contributed by atoms with Crippen LogP contribution in [0, 0.1) is 0 Å². The Bertz CT molecular complexity index is 649. The number of nitrogens with two attached hydrogens (primary N) is 1. The summed E-state index contributed by atoms with van der Waals surface area (Å²) < 4.78 is 0. The Morgan fingerprint density at radius 3 is 2.45 bits per heavy atom. The lowest BCUT2D eigenvalue weighted by Crippen LogP contribution is -2.39. The number of rotatable bonds is 3. The van der Waals surface area contributed by atoms with Crippen LogP contribution in [0.3, 0.4) is 0 Å². The van der Waals surface area contributed by atoms with Gasteiger partial charge in [-0.15, -0.1) is 0 Å². The minimum absolute atomic E-state index is 0.363. The van der Waals surface area contributed by atoms with Crippen LogP contribution in [0.25, 0.3) is 11.1 Å². The van der Waals surface area contributed by atoms with E-state index in [4.69, 9.17) is 28.9 Å². The number of halogens is 2. The van der Waals surface area contributed by atoms with Crippen molar-refractivity contribution in [3.8, 4) is 11.1 Å². The van der Waals surface area contributed by atoms with Gasteiger partial charge in [0.15, 0.2) is 0 Å². The molecular formula is C18H20Cl2N2. The topological polar surface area (TPSA) is 29.3 Å². The number of hydrogen-bond donors (Lipinski definition) is 1. The highest BCUT2D eigenvalue weighted by atomic mass is 35.5. The van der Waals surface area contributed by atoms with Crippen LogP contribution in [0.15, 0.2) is 42.5 Å². The molecule has 1 aliphatic heterocycles. The summed E-state index contributed by atoms with van der Waals surface area (Å²) >= 11 is 12.2. The molecule has 0 spiro atoms. The molecule has 0 saturated carbocycles. The van der Waals surface area contributed by atoms with Crippen molar-refractivity contribution in [1.82, 2.24) is 4.90 Å². The van der Waals surface area contributed by atoms with Gasteiger partial charge in [0.2, 0.25) is 0 Å². The SMILES string of the molecule is NC1CCN(Cc2ccccc2-c2ccc(Cl)c(Cl)c2)CC1. The minimum atomic E-state index is 0.363. The molecule has 2 nitrogen and oxygen atoms in total. The molecule has 2 aromatic carbocycles. The van der Waals surface area contributed by atoms with Crippen LogP contribution < -0.4 is 5.73 Å². The van der Waals surface area contributed by atoms with Crippen LogP contribution in [0.2, 0.25) is 10.0 Å². The van der Waals surface area contributed by atoms with Gasteiger partial charge in [0, 0.05) is 12.6 Å². The van der Waals surface area contributed by atoms with E-state index in [-0.39, 0.29) is 0 Å². The van der Waals surface area contributed by atoms with Gasteiger partial charge in [0.05, 0.1) is 10.0 Å². The summed E-state index contributed by atoms with van der Waals surface area (Å²) in [4.78, 5) is 2.47. The summed E-state index contributed by atoms with van der Waals surface area (Å²) in [5, 5.41) is 1.19. The fourth-order valence-corrected chi connectivity index (χ4v) is 3.25. The molecule has 116 valence electrons. The van der Waals surface area contributed by atoms with Crippen LogP contribution in [-0.4, -0.2) is 24.0 Å². The highest BCUT2D eigenvalue weighted by Crippen LogP contribution is 2.31. The Hall–Kier alpha value is -1.06. The third-order valence-corrected chi connectivity index (χ3v) is 5.01. The zero-order valence-corrected chi connectivity index (χ0v) is 13.9. The smallest absolute Gasteiger partial charge is 0.0598 e. The standard InChI is InChI=1S/C18H20Cl2N2/c19-17-6-5-13(11-18(17)20)16-4-2-1-3-14(16)12-22-9-7-15(21)8-10-22/h1-6,11,15H,7-10,12,21H2. The third kappa shape index (κ3) is 3.64. The summed E-state index contributed by atoms with van der Waals surface area (Å²) in [6, 6.07) is 14.7. The molecule has 3 rings (SSSR count). The highest BCUT2D eigenvalue weighted by molar-refractivity contribution is 6.42. The molecule has 0 amide bonds. The van der Waals surface area contributed by atoms with E-state index < -0.39 is 0 Å². The van der Waals surface area contributed by atoms with Gasteiger partial charge >= 0.3 is 0 Å². The first-order valence-electron chi connectivity index (χ1n) is 7.65. The van der Waals surface area contributed by atoms with Crippen molar-refractivity contribution < 1.29 is 0 Å². The monoisotopic (exact) mass is 334 g/mol. The van der Waals surface area contributed by atoms with E-state index in [1.165, 1.54) is 11.1 Å². The first-order valence-corrected chi connectivity index (χ1v) is 8.40. The summed E-state index contributed by atoms with van der Waals surface area (Å²) in [7, 11) is 0. The second-order valence-electron chi connectivity index (χ2n) is 5.90. The maximum Gasteiger partial charge on any atom is 0.0598 e. The molecule has 2 N–H and O–H groups in total. The summed E-state index contributed by atoms with van der Waals surface area (Å²) in [5.41, 5.74) is 9.63. The van der Waals surface area contributed by atoms with Crippen molar-refractivity contribution in [2.45, 2.75) is 25.4 Å². The quantitative estimate of drug-likeness (QED) is 0.889. The average Bonchev–Trinajstić information content (AvgIpc) is 2.53. The van der Waals surface area contributed by atoms with Crippen molar-refractivity contribution in [1.29, 1.82) is 0 Å². The Morgan fingerprint density at radius 2 is 1.73 bits per heavy atom. The van der Waals surface area contributed by atoms with Crippen LogP contribution in [-0.2, 0) is 6.54 Å². The van der Waals surface area contributed by atoms with E-state index in [1.54, 1.807) is 0 Å². The maximum absolute atomic E-state index is 6.17. The Morgan fingerprint density at radius 1 is 1.00 bits per heavy atom. The number of benzene rings is 2. The number of nitrogens with zero attached hydrogens (tertiary/aromatic N) is 1. The predicted molar refractivity (Wildman–Crippen MR) is 94.4 cm³/mol. The molecule has 0 atom stereocenters. The van der Waals surface area contributed by atoms with E-state index in [1.807, 2.05) is 18.2 Å². The van der Waals surface area contributed by atoms with Crippen LogP contribution in [0.4, 0.5) is 0 Å². The third-order valence-electron chi connectivity index (χ3n) is 4.27. The van der Waals surface area contributed by atoms with Gasteiger partial charge in [-0.1, -0.05) is 53.5 Å². The predicted octanol–water partition coefficient (Wildman–Crippen LogP) is 4.58. The maximum atomic E-state index is 6.17. The molecule has 1 heterocycles. The molecule has 0 radical (unpaired) electrons. The number of piperidine rings is 1. The van der Waals surface area contributed by atoms with Gasteiger partial charge in [-0.25, -0.2) is 0 Å². The molecule has 0 unspecified atom stereocenters. The normalized spacial score (nSPS) is 16.9. The molecule has 0 bridgehead atoms. The van der Waals surface area contributed by atoms with Crippen molar-refractivity contribution in [2.75, 3.05) is 13.1 Å². The summed E-state index contributed by atoms with van der Waals surface area (Å²) in [6.45, 7) is 3.08. The van der Waals surface area contributed by atoms with E-state index in [9.17, 15) is 0 Å². The van der Waals surface area contributed by atoms with Crippen LogP contribution in [0.1, 0.15) is 18.4 Å².